The number of likely N-dealkylation sites (N-methyl/N-ethyl adjacent to an activating group) is 1. The van der Waals surface area contributed by atoms with Gasteiger partial charge in [-0.3, -0.25) is 0 Å². The summed E-state index contributed by atoms with van der Waals surface area (Å²) in [4.78, 5) is 0. The van der Waals surface area contributed by atoms with E-state index >= 15 is 0 Å². The van der Waals surface area contributed by atoms with Crippen molar-refractivity contribution in [3.05, 3.63) is 28.8 Å². The fraction of sp³-hybridized carbons (Fsp3) is 0.571. The summed E-state index contributed by atoms with van der Waals surface area (Å²) in [5.41, 5.74) is 1.08. The quantitative estimate of drug-likeness (QED) is 0.735. The van der Waals surface area contributed by atoms with Crippen LogP contribution < -0.4 is 10.1 Å². The van der Waals surface area contributed by atoms with Crippen LogP contribution in [0.5, 0.6) is 5.75 Å². The number of ether oxygens (including phenoxy) is 2. The Morgan fingerprint density at radius 3 is 2.72 bits per heavy atom. The van der Waals surface area contributed by atoms with Gasteiger partial charge in [0.2, 0.25) is 0 Å². The normalized spacial score (nSPS) is 12.4. The molecule has 0 bridgehead atoms. The summed E-state index contributed by atoms with van der Waals surface area (Å²) < 4.78 is 11.0. The molecular formula is C14H22ClNO2. The van der Waals surface area contributed by atoms with Crippen LogP contribution in [0.2, 0.25) is 5.02 Å². The predicted octanol–water partition coefficient (Wildman–Crippen LogP) is 3.43. The fourth-order valence-electron chi connectivity index (χ4n) is 1.82. The molecule has 1 N–H and O–H groups in total. The number of benzene rings is 1. The molecule has 0 spiro atoms. The van der Waals surface area contributed by atoms with Crippen molar-refractivity contribution in [2.75, 3.05) is 26.9 Å². The van der Waals surface area contributed by atoms with Gasteiger partial charge in [-0.2, -0.15) is 0 Å². The molecule has 0 fully saturated rings. The molecule has 0 aliphatic carbocycles. The first-order valence-electron chi connectivity index (χ1n) is 6.37. The molecule has 18 heavy (non-hydrogen) atoms. The van der Waals surface area contributed by atoms with Crippen molar-refractivity contribution >= 4 is 11.6 Å². The van der Waals surface area contributed by atoms with Gasteiger partial charge in [-0.15, -0.1) is 0 Å². The van der Waals surface area contributed by atoms with Crippen LogP contribution in [0.3, 0.4) is 0 Å². The van der Waals surface area contributed by atoms with Crippen molar-refractivity contribution in [3.63, 3.8) is 0 Å². The first-order chi connectivity index (χ1) is 8.72. The minimum absolute atomic E-state index is 0.133. The Hall–Kier alpha value is -0.770. The Morgan fingerprint density at radius 1 is 1.33 bits per heavy atom. The standard InChI is InChI=1S/C14H22ClNO2/c1-4-8-18-10-13(16-5-2)12-7-6-11(15)9-14(12)17-3/h6-7,9,13,16H,4-5,8,10H2,1-3H3. The highest BCUT2D eigenvalue weighted by molar-refractivity contribution is 6.30. The highest BCUT2D eigenvalue weighted by Gasteiger charge is 2.15. The predicted molar refractivity (Wildman–Crippen MR) is 75.5 cm³/mol. The molecule has 0 aliphatic rings. The zero-order valence-electron chi connectivity index (χ0n) is 11.3. The summed E-state index contributed by atoms with van der Waals surface area (Å²) in [5, 5.41) is 4.08. The van der Waals surface area contributed by atoms with Crippen molar-refractivity contribution in [1.82, 2.24) is 5.32 Å². The van der Waals surface area contributed by atoms with Crippen LogP contribution in [0.15, 0.2) is 18.2 Å². The van der Waals surface area contributed by atoms with Gasteiger partial charge in [0.1, 0.15) is 5.75 Å². The maximum atomic E-state index is 5.97. The topological polar surface area (TPSA) is 30.5 Å². The lowest BCUT2D eigenvalue weighted by Crippen LogP contribution is -2.26. The van der Waals surface area contributed by atoms with E-state index in [0.717, 1.165) is 30.9 Å². The van der Waals surface area contributed by atoms with Gasteiger partial charge in [-0.1, -0.05) is 31.5 Å². The molecule has 0 aliphatic heterocycles. The minimum atomic E-state index is 0.133. The van der Waals surface area contributed by atoms with E-state index in [4.69, 9.17) is 21.1 Å². The molecule has 1 unspecified atom stereocenters. The van der Waals surface area contributed by atoms with E-state index in [0.29, 0.717) is 11.6 Å². The monoisotopic (exact) mass is 271 g/mol. The molecule has 1 rings (SSSR count). The molecular weight excluding hydrogens is 250 g/mol. The second kappa shape index (κ2) is 8.35. The lowest BCUT2D eigenvalue weighted by molar-refractivity contribution is 0.111. The largest absolute Gasteiger partial charge is 0.496 e. The van der Waals surface area contributed by atoms with Gasteiger partial charge in [0, 0.05) is 17.2 Å². The lowest BCUT2D eigenvalue weighted by atomic mass is 10.1. The minimum Gasteiger partial charge on any atom is -0.496 e. The average molecular weight is 272 g/mol. The third-order valence-electron chi connectivity index (χ3n) is 2.65. The molecule has 0 radical (unpaired) electrons. The second-order valence-electron chi connectivity index (χ2n) is 4.07. The fourth-order valence-corrected chi connectivity index (χ4v) is 1.99. The zero-order chi connectivity index (χ0) is 13.4. The molecule has 0 saturated carbocycles. The smallest absolute Gasteiger partial charge is 0.125 e. The van der Waals surface area contributed by atoms with Crippen LogP contribution in [0, 0.1) is 0 Å². The molecule has 0 amide bonds. The van der Waals surface area contributed by atoms with Gasteiger partial charge in [-0.25, -0.2) is 0 Å². The number of methoxy groups -OCH3 is 1. The van der Waals surface area contributed by atoms with Gasteiger partial charge in [0.15, 0.2) is 0 Å². The van der Waals surface area contributed by atoms with Crippen molar-refractivity contribution in [2.24, 2.45) is 0 Å². The Kier molecular flexibility index (Phi) is 7.09. The summed E-state index contributed by atoms with van der Waals surface area (Å²) in [6.45, 7) is 6.48. The molecule has 1 aromatic rings. The van der Waals surface area contributed by atoms with Crippen molar-refractivity contribution < 1.29 is 9.47 Å². The highest BCUT2D eigenvalue weighted by atomic mass is 35.5. The Labute approximate surface area is 114 Å². The van der Waals surface area contributed by atoms with Gasteiger partial charge in [-0.05, 0) is 25.1 Å². The molecule has 4 heteroatoms. The summed E-state index contributed by atoms with van der Waals surface area (Å²) in [5.74, 6) is 0.800. The van der Waals surface area contributed by atoms with Gasteiger partial charge in [0.25, 0.3) is 0 Å². The SMILES string of the molecule is CCCOCC(NCC)c1ccc(Cl)cc1OC. The number of rotatable bonds is 8. The Morgan fingerprint density at radius 2 is 2.11 bits per heavy atom. The summed E-state index contributed by atoms with van der Waals surface area (Å²) in [7, 11) is 1.66. The van der Waals surface area contributed by atoms with E-state index in [9.17, 15) is 0 Å². The molecule has 0 aromatic heterocycles. The Bertz CT molecular complexity index is 358. The average Bonchev–Trinajstić information content (AvgIpc) is 2.38. The molecule has 0 heterocycles. The first-order valence-corrected chi connectivity index (χ1v) is 6.75. The molecule has 3 nitrogen and oxygen atoms in total. The van der Waals surface area contributed by atoms with Crippen LogP contribution in [0.25, 0.3) is 0 Å². The van der Waals surface area contributed by atoms with E-state index < -0.39 is 0 Å². The Balaban J connectivity index is 2.83. The second-order valence-corrected chi connectivity index (χ2v) is 4.51. The van der Waals surface area contributed by atoms with Crippen molar-refractivity contribution in [3.8, 4) is 5.75 Å². The van der Waals surface area contributed by atoms with Crippen molar-refractivity contribution in [2.45, 2.75) is 26.3 Å². The van der Waals surface area contributed by atoms with Crippen LogP contribution in [0.1, 0.15) is 31.9 Å². The highest BCUT2D eigenvalue weighted by Crippen LogP contribution is 2.28. The van der Waals surface area contributed by atoms with Crippen LogP contribution in [-0.4, -0.2) is 26.9 Å². The summed E-state index contributed by atoms with van der Waals surface area (Å²) >= 11 is 5.97. The maximum absolute atomic E-state index is 5.97. The van der Waals surface area contributed by atoms with E-state index in [-0.39, 0.29) is 6.04 Å². The van der Waals surface area contributed by atoms with Gasteiger partial charge in [0.05, 0.1) is 19.8 Å². The molecule has 102 valence electrons. The van der Waals surface area contributed by atoms with E-state index in [2.05, 4.69) is 19.2 Å². The number of hydrogen-bond donors (Lipinski definition) is 1. The summed E-state index contributed by atoms with van der Waals surface area (Å²) in [6.07, 6.45) is 1.02. The van der Waals surface area contributed by atoms with E-state index in [1.165, 1.54) is 0 Å². The molecule has 1 atom stereocenters. The number of nitrogens with one attached hydrogen (secondary N) is 1. The number of hydrogen-bond acceptors (Lipinski definition) is 3. The first kappa shape index (κ1) is 15.3. The van der Waals surface area contributed by atoms with Gasteiger partial charge < -0.3 is 14.8 Å². The van der Waals surface area contributed by atoms with Crippen LogP contribution in [-0.2, 0) is 4.74 Å². The zero-order valence-corrected chi connectivity index (χ0v) is 12.1. The third-order valence-corrected chi connectivity index (χ3v) is 2.89. The summed E-state index contributed by atoms with van der Waals surface area (Å²) in [6, 6.07) is 5.84. The maximum Gasteiger partial charge on any atom is 0.125 e. The molecule has 0 saturated heterocycles. The van der Waals surface area contributed by atoms with E-state index in [1.54, 1.807) is 7.11 Å². The van der Waals surface area contributed by atoms with Gasteiger partial charge >= 0.3 is 0 Å². The van der Waals surface area contributed by atoms with Crippen LogP contribution in [0.4, 0.5) is 0 Å². The number of halogens is 1. The molecule has 1 aromatic carbocycles. The van der Waals surface area contributed by atoms with Crippen LogP contribution >= 0.6 is 11.6 Å². The lowest BCUT2D eigenvalue weighted by Gasteiger charge is -2.21. The third kappa shape index (κ3) is 4.48. The van der Waals surface area contributed by atoms with Crippen molar-refractivity contribution in [1.29, 1.82) is 0 Å². The van der Waals surface area contributed by atoms with E-state index in [1.807, 2.05) is 18.2 Å².